The summed E-state index contributed by atoms with van der Waals surface area (Å²) in [7, 11) is 2.05. The van der Waals surface area contributed by atoms with Crippen molar-refractivity contribution in [1.29, 1.82) is 0 Å². The number of ether oxygens (including phenoxy) is 10. The van der Waals surface area contributed by atoms with Gasteiger partial charge in [0, 0.05) is 107 Å². The van der Waals surface area contributed by atoms with Gasteiger partial charge in [0.15, 0.2) is 40.3 Å². The maximum Gasteiger partial charge on any atom is 0.501 e. The summed E-state index contributed by atoms with van der Waals surface area (Å²) >= 11 is 3.32. The molecule has 3 unspecified atom stereocenters. The number of benzene rings is 5. The lowest BCUT2D eigenvalue weighted by Crippen LogP contribution is -2.60. The first-order chi connectivity index (χ1) is 55.2. The Balaban J connectivity index is 0.607. The van der Waals surface area contributed by atoms with E-state index in [-0.39, 0.29) is 101 Å². The highest BCUT2D eigenvalue weighted by Crippen LogP contribution is 2.53. The monoisotopic (exact) mass is 1620 g/mol. The summed E-state index contributed by atoms with van der Waals surface area (Å²) in [6, 6.07) is 26.0. The van der Waals surface area contributed by atoms with Crippen molar-refractivity contribution in [3.63, 3.8) is 0 Å². The van der Waals surface area contributed by atoms with Gasteiger partial charge in [0.25, 0.3) is 11.8 Å². The molecule has 1 saturated carbocycles. The summed E-state index contributed by atoms with van der Waals surface area (Å²) < 4.78 is 97.7. The zero-order valence-corrected chi connectivity index (χ0v) is 65.8. The second-order valence-corrected chi connectivity index (χ2v) is 32.7. The normalized spacial score (nSPS) is 22.4. The van der Waals surface area contributed by atoms with Gasteiger partial charge in [-0.25, -0.2) is 4.79 Å². The van der Waals surface area contributed by atoms with Crippen LogP contribution in [0.15, 0.2) is 118 Å². The van der Waals surface area contributed by atoms with E-state index in [1.807, 2.05) is 66.5 Å². The van der Waals surface area contributed by atoms with E-state index in [0.717, 1.165) is 65.3 Å². The molecule has 5 aromatic carbocycles. The Bertz CT molecular complexity index is 4710. The van der Waals surface area contributed by atoms with Crippen LogP contribution in [0.3, 0.4) is 0 Å². The number of carbonyl (C=O) groups excluding carboxylic acids is 4. The van der Waals surface area contributed by atoms with Crippen LogP contribution >= 0.6 is 22.7 Å². The number of Topliss-reactive ketones (excluding diaryl/α,β-unsaturated/α-hetero) is 1. The number of carbonyl (C=O) groups is 4. The number of fused-ring (bicyclic) bond motifs is 7. The average Bonchev–Trinajstić information content (AvgIpc) is 1.61. The number of aliphatic hydroxyl groups is 4. The van der Waals surface area contributed by atoms with Crippen LogP contribution in [0.1, 0.15) is 94.3 Å². The maximum atomic E-state index is 14.2. The fourth-order valence-electron chi connectivity index (χ4n) is 15.2. The summed E-state index contributed by atoms with van der Waals surface area (Å²) in [5.41, 5.74) is 6.96. The quantitative estimate of drug-likeness (QED) is 0.0113. The van der Waals surface area contributed by atoms with Gasteiger partial charge in [-0.3, -0.25) is 24.4 Å². The molecule has 604 valence electrons. The van der Waals surface area contributed by atoms with Gasteiger partial charge < -0.3 is 101 Å². The number of anilines is 1. The Labute approximate surface area is 667 Å². The number of nitrogens with zero attached hydrogens (tertiary/aromatic N) is 4. The van der Waals surface area contributed by atoms with Gasteiger partial charge >= 0.3 is 16.5 Å². The first kappa shape index (κ1) is 80.9. The lowest BCUT2D eigenvalue weighted by atomic mass is 9.87. The molecular formula is C82H92N7O22S3+. The van der Waals surface area contributed by atoms with Crippen LogP contribution in [0, 0.1) is 35.5 Å². The molecule has 2 fully saturated rings. The van der Waals surface area contributed by atoms with Gasteiger partial charge in [0.2, 0.25) is 6.29 Å². The maximum absolute atomic E-state index is 14.2. The van der Waals surface area contributed by atoms with Gasteiger partial charge in [-0.1, -0.05) is 0 Å². The van der Waals surface area contributed by atoms with Crippen molar-refractivity contribution >= 4 is 86.3 Å². The zero-order chi connectivity index (χ0) is 79.6. The lowest BCUT2D eigenvalue weighted by molar-refractivity contribution is -0.916. The second-order valence-electron chi connectivity index (χ2n) is 29.5. The summed E-state index contributed by atoms with van der Waals surface area (Å²) in [5.74, 6) is 7.23. The van der Waals surface area contributed by atoms with Crippen LogP contribution in [0.4, 0.5) is 21.9 Å². The van der Waals surface area contributed by atoms with E-state index in [2.05, 4.69) is 33.9 Å². The molecule has 0 radical (unpaired) electrons. The van der Waals surface area contributed by atoms with Crippen LogP contribution in [0.2, 0.25) is 0 Å². The van der Waals surface area contributed by atoms with Crippen LogP contribution in [-0.2, 0) is 79.8 Å². The molecule has 2 aromatic heterocycles. The van der Waals surface area contributed by atoms with E-state index >= 15 is 0 Å². The molecule has 3 amide bonds. The Morgan fingerprint density at radius 3 is 1.99 bits per heavy atom. The van der Waals surface area contributed by atoms with Gasteiger partial charge in [-0.05, 0) is 149 Å². The number of nitrogens with one attached hydrogen (secondary N) is 3. The summed E-state index contributed by atoms with van der Waals surface area (Å²) in [5, 5.41) is 54.7. The molecule has 7 aromatic rings. The minimum atomic E-state index is -5.07. The van der Waals surface area contributed by atoms with E-state index in [4.69, 9.17) is 65.7 Å². The number of quaternary nitrogens is 1. The molecule has 7 aliphatic rings. The zero-order valence-electron chi connectivity index (χ0n) is 63.4. The van der Waals surface area contributed by atoms with Crippen molar-refractivity contribution in [2.45, 2.75) is 114 Å². The van der Waals surface area contributed by atoms with Gasteiger partial charge in [-0.15, -0.1) is 42.9 Å². The van der Waals surface area contributed by atoms with E-state index < -0.39 is 77.3 Å². The number of aliphatic imine (C=N–C) groups is 2. The van der Waals surface area contributed by atoms with E-state index in [1.165, 1.54) is 48.2 Å². The molecule has 5 aliphatic heterocycles. The number of aliphatic hydroxyl groups excluding tert-OH is 4. The standard InChI is InChI=1S/C82H91N7O22S3/c1-89(2,43-49-29-50(45-105-68-37-63-59(35-66(68)100-3)75(91)74-54(39-85-63)33-73-62(87-74)18-28-113-73)31-51(30-49)46-106-69-38-64-60(36-67(69)101-4)80(96)88-41-53-17-27-112-72(53)34-55(88)40-86-64)42-48-11-14-56(15-12-48)110-114(98,99)111-70-32-52(13-16-65(70)108-81-78(94)77(93)76(92)71(44-90)109-81)79(95)83-19-21-102-23-25-104-26-24-103-22-20-84-82(97)107-47-61-57-9-7-5-6-8-10-58(57)61/h11-18,27-32,35-40,54-55,57-58,61,71,74,76-78,81,87,90,92-94H,7-10,19-26,33-34,41-47H2,1-4H3,(H-,83,84,95,97)/p+1/t54-,55-,57-,58+,61?,71+,74?,76-,77-,78+,81?/m0/s1. The molecule has 0 spiro atoms. The first-order valence-corrected chi connectivity index (χ1v) is 40.9. The number of ketones is 1. The fourth-order valence-corrected chi connectivity index (χ4v) is 17.8. The SMILES string of the molecule is COc1cc2c(cc1OCc1cc(COc3cc4c(cc3OC)C(=O)N3Cc5ccsc5C[C@H]3C=N4)cc(C[N+](C)(C)Cc3ccc(OS(=O)(=O)Oc4cc(C(=O)NCCOCCOCCOCCNC(=O)OCC5[C@H]6CCC#CCC[C@@H]56)ccc4OC4O[C@H](CO)[C@H](O)[C@H](O)[C@H]4O)cc3)c1)N=C[C@@H]1Cc3sccc3NC1C2=O. The fraction of sp³-hybridized carbons (Fsp3) is 0.439. The van der Waals surface area contributed by atoms with Crippen LogP contribution < -0.4 is 48.0 Å². The third kappa shape index (κ3) is 19.6. The Morgan fingerprint density at radius 1 is 0.667 bits per heavy atom. The van der Waals surface area contributed by atoms with Crippen molar-refractivity contribution in [1.82, 2.24) is 15.5 Å². The number of amides is 3. The molecule has 7 heterocycles. The highest BCUT2D eigenvalue weighted by atomic mass is 32.3. The number of rotatable bonds is 34. The van der Waals surface area contributed by atoms with Crippen molar-refractivity contribution < 1.29 is 108 Å². The molecule has 1 saturated heterocycles. The minimum Gasteiger partial charge on any atom is -0.493 e. The molecule has 29 nitrogen and oxygen atoms in total. The predicted octanol–water partition coefficient (Wildman–Crippen LogP) is 8.42. The van der Waals surface area contributed by atoms with E-state index in [1.54, 1.807) is 59.1 Å². The average molecular weight is 1620 g/mol. The van der Waals surface area contributed by atoms with Crippen molar-refractivity contribution in [3.05, 3.63) is 162 Å². The van der Waals surface area contributed by atoms with E-state index in [0.29, 0.717) is 107 Å². The molecule has 114 heavy (non-hydrogen) atoms. The number of hydrogen-bond donors (Lipinski definition) is 7. The molecular weight excluding hydrogens is 1530 g/mol. The van der Waals surface area contributed by atoms with Gasteiger partial charge in [0.1, 0.15) is 56.5 Å². The summed E-state index contributed by atoms with van der Waals surface area (Å²) in [4.78, 5) is 68.1. The molecule has 7 N–H and O–H groups in total. The van der Waals surface area contributed by atoms with Crippen LogP contribution in [0.5, 0.6) is 40.2 Å². The summed E-state index contributed by atoms with van der Waals surface area (Å²) in [6.45, 7) is 2.76. The number of alkyl carbamates (subject to hydrolysis) is 1. The largest absolute Gasteiger partial charge is 0.501 e. The molecule has 11 atom stereocenters. The highest BCUT2D eigenvalue weighted by Gasteiger charge is 2.50. The predicted molar refractivity (Wildman–Crippen MR) is 420 cm³/mol. The minimum absolute atomic E-state index is 0.0279. The smallest absolute Gasteiger partial charge is 0.493 e. The number of hydrogen-bond acceptors (Lipinski definition) is 27. The highest BCUT2D eigenvalue weighted by molar-refractivity contribution is 7.82. The molecule has 14 rings (SSSR count). The Morgan fingerprint density at radius 2 is 1.30 bits per heavy atom. The summed E-state index contributed by atoms with van der Waals surface area (Å²) in [6.07, 6.45) is -0.146. The third-order valence-electron chi connectivity index (χ3n) is 21.0. The van der Waals surface area contributed by atoms with Crippen LogP contribution in [-0.4, -0.2) is 211 Å². The molecule has 2 aliphatic carbocycles. The van der Waals surface area contributed by atoms with Crippen molar-refractivity contribution in [3.8, 4) is 52.1 Å². The first-order valence-electron chi connectivity index (χ1n) is 37.8. The second kappa shape index (κ2) is 36.4. The number of thiophene rings is 2. The third-order valence-corrected chi connectivity index (χ3v) is 23.8. The van der Waals surface area contributed by atoms with Gasteiger partial charge in [-0.2, -0.15) is 0 Å². The molecule has 32 heteroatoms. The topological polar surface area (TPSA) is 358 Å². The van der Waals surface area contributed by atoms with E-state index in [9.17, 15) is 48.0 Å². The molecule has 0 bridgehead atoms. The van der Waals surface area contributed by atoms with Crippen LogP contribution in [0.25, 0.3) is 0 Å². The van der Waals surface area contributed by atoms with Gasteiger partial charge in [0.05, 0.1) is 110 Å². The number of methoxy groups -OCH3 is 2. The lowest BCUT2D eigenvalue weighted by Gasteiger charge is -2.39. The van der Waals surface area contributed by atoms with Crippen molar-refractivity contribution in [2.75, 3.05) is 99.6 Å². The Hall–Kier alpha value is -9.73. The van der Waals surface area contributed by atoms with Crippen molar-refractivity contribution in [2.24, 2.45) is 33.7 Å². The Kier molecular flexibility index (Phi) is 25.8.